The van der Waals surface area contributed by atoms with Gasteiger partial charge in [-0.25, -0.2) is 17.7 Å². The van der Waals surface area contributed by atoms with Gasteiger partial charge in [0, 0.05) is 29.6 Å². The number of rotatable bonds is 8. The molecule has 1 aromatic carbocycles. The van der Waals surface area contributed by atoms with Crippen LogP contribution < -0.4 is 15.0 Å². The van der Waals surface area contributed by atoms with E-state index >= 15 is 0 Å². The Morgan fingerprint density at radius 2 is 1.90 bits per heavy atom. The number of nitrogens with zero attached hydrogens (tertiary/aromatic N) is 3. The molecule has 0 amide bonds. The summed E-state index contributed by atoms with van der Waals surface area (Å²) in [6, 6.07) is 4.86. The fourth-order valence-electron chi connectivity index (χ4n) is 2.70. The fourth-order valence-corrected chi connectivity index (χ4v) is 3.50. The summed E-state index contributed by atoms with van der Waals surface area (Å²) in [6.45, 7) is 2.09. The molecule has 0 aliphatic carbocycles. The van der Waals surface area contributed by atoms with Crippen LogP contribution in [-0.4, -0.2) is 25.0 Å². The topological polar surface area (TPSA) is 86.1 Å². The zero-order chi connectivity index (χ0) is 22.5. The molecule has 7 nitrogen and oxygen atoms in total. The van der Waals surface area contributed by atoms with E-state index in [2.05, 4.69) is 30.6 Å². The summed E-state index contributed by atoms with van der Waals surface area (Å²) < 4.78 is 47.9. The van der Waals surface area contributed by atoms with Crippen molar-refractivity contribution in [2.75, 3.05) is 6.26 Å². The van der Waals surface area contributed by atoms with Gasteiger partial charge in [-0.1, -0.05) is 0 Å². The van der Waals surface area contributed by atoms with Crippen LogP contribution in [0, 0.1) is 18.6 Å². The lowest BCUT2D eigenvalue weighted by molar-refractivity contribution is 0.295. The third-order valence-corrected chi connectivity index (χ3v) is 5.63. The molecule has 0 aliphatic rings. The third-order valence-electron chi connectivity index (χ3n) is 4.35. The molecule has 1 atom stereocenters. The van der Waals surface area contributed by atoms with E-state index in [1.165, 1.54) is 16.9 Å². The van der Waals surface area contributed by atoms with Crippen molar-refractivity contribution in [3.8, 4) is 5.75 Å². The Morgan fingerprint density at radius 1 is 1.19 bits per heavy atom. The first-order chi connectivity index (χ1) is 14.7. The van der Waals surface area contributed by atoms with Crippen LogP contribution in [0.1, 0.15) is 22.6 Å². The molecule has 0 radical (unpaired) electrons. The van der Waals surface area contributed by atoms with Crippen molar-refractivity contribution in [2.45, 2.75) is 26.6 Å². The maximum absolute atomic E-state index is 13.8. The van der Waals surface area contributed by atoms with E-state index in [1.54, 1.807) is 25.4 Å². The van der Waals surface area contributed by atoms with Gasteiger partial charge in [0.15, 0.2) is 0 Å². The van der Waals surface area contributed by atoms with Crippen molar-refractivity contribution in [1.82, 2.24) is 19.3 Å². The molecule has 2 aromatic heterocycles. The Labute approximate surface area is 188 Å². The minimum atomic E-state index is -1.15. The Hall–Kier alpha value is -2.50. The average Bonchev–Trinajstić information content (AvgIpc) is 2.73. The highest BCUT2D eigenvalue weighted by molar-refractivity contribution is 9.10. The largest absolute Gasteiger partial charge is 0.487 e. The summed E-state index contributed by atoms with van der Waals surface area (Å²) in [6.07, 6.45) is 4.63. The first-order valence-electron chi connectivity index (χ1n) is 9.08. The maximum Gasteiger partial charge on any atom is 0.269 e. The molecule has 31 heavy (non-hydrogen) atoms. The Kier molecular flexibility index (Phi) is 7.63. The number of aromatic nitrogens is 3. The van der Waals surface area contributed by atoms with Gasteiger partial charge in [0.05, 0.1) is 47.9 Å². The molecular weight excluding hydrogens is 494 g/mol. The number of hydrogen-bond donors (Lipinski definition) is 1. The zero-order valence-electron chi connectivity index (χ0n) is 16.7. The van der Waals surface area contributed by atoms with Gasteiger partial charge in [0.1, 0.15) is 28.5 Å². The first kappa shape index (κ1) is 23.2. The lowest BCUT2D eigenvalue weighted by atomic mass is 10.2. The summed E-state index contributed by atoms with van der Waals surface area (Å²) in [5.74, 6) is -1.14. The molecule has 1 N–H and O–H groups in total. The van der Waals surface area contributed by atoms with Crippen molar-refractivity contribution in [3.05, 3.63) is 85.8 Å². The maximum atomic E-state index is 13.8. The van der Waals surface area contributed by atoms with Gasteiger partial charge in [-0.05, 0) is 35.0 Å². The standard InChI is InChI=1S/C20H19BrF2N4O3S/c1-12-5-18(30-11-13-3-4-14(22)6-17(13)23)19(21)20(28)27(12)10-16-8-24-15(7-25-16)9-26-31(2)29/h3-8,26H,9-11H2,1-2H3. The molecule has 0 bridgehead atoms. The first-order valence-corrected chi connectivity index (χ1v) is 11.4. The number of halogens is 3. The minimum Gasteiger partial charge on any atom is -0.487 e. The van der Waals surface area contributed by atoms with Crippen LogP contribution in [0.5, 0.6) is 5.75 Å². The van der Waals surface area contributed by atoms with Crippen LogP contribution in [0.4, 0.5) is 8.78 Å². The fraction of sp³-hybridized carbons (Fsp3) is 0.250. The SMILES string of the molecule is Cc1cc(OCc2ccc(F)cc2F)c(Br)c(=O)n1Cc1cnc(CNS(C)=O)cn1. The molecule has 164 valence electrons. The van der Waals surface area contributed by atoms with E-state index in [1.807, 2.05) is 0 Å². The van der Waals surface area contributed by atoms with Crippen LogP contribution in [0.3, 0.4) is 0 Å². The van der Waals surface area contributed by atoms with Gasteiger partial charge in [0.2, 0.25) is 0 Å². The lowest BCUT2D eigenvalue weighted by Crippen LogP contribution is -2.25. The number of nitrogens with one attached hydrogen (secondary N) is 1. The van der Waals surface area contributed by atoms with Crippen molar-refractivity contribution >= 4 is 26.9 Å². The summed E-state index contributed by atoms with van der Waals surface area (Å²) in [4.78, 5) is 21.4. The van der Waals surface area contributed by atoms with Gasteiger partial charge in [-0.2, -0.15) is 0 Å². The second-order valence-electron chi connectivity index (χ2n) is 6.65. The third kappa shape index (κ3) is 6.02. The number of hydrogen-bond acceptors (Lipinski definition) is 5. The van der Waals surface area contributed by atoms with E-state index in [-0.39, 0.29) is 34.5 Å². The van der Waals surface area contributed by atoms with Crippen LogP contribution in [0.25, 0.3) is 0 Å². The van der Waals surface area contributed by atoms with E-state index in [0.717, 1.165) is 12.1 Å². The van der Waals surface area contributed by atoms with Crippen molar-refractivity contribution in [2.24, 2.45) is 0 Å². The molecule has 3 aromatic rings. The Bertz CT molecular complexity index is 1170. The quantitative estimate of drug-likeness (QED) is 0.501. The number of aryl methyl sites for hydroxylation is 1. The molecule has 2 heterocycles. The molecule has 1 unspecified atom stereocenters. The number of ether oxygens (including phenoxy) is 1. The smallest absolute Gasteiger partial charge is 0.269 e. The van der Waals surface area contributed by atoms with Crippen molar-refractivity contribution in [3.63, 3.8) is 0 Å². The lowest BCUT2D eigenvalue weighted by Gasteiger charge is -2.14. The molecular formula is C20H19BrF2N4O3S. The van der Waals surface area contributed by atoms with Crippen molar-refractivity contribution in [1.29, 1.82) is 0 Å². The number of pyridine rings is 1. The Morgan fingerprint density at radius 3 is 2.55 bits per heavy atom. The Balaban J connectivity index is 1.75. The van der Waals surface area contributed by atoms with Crippen molar-refractivity contribution < 1.29 is 17.7 Å². The molecule has 0 saturated carbocycles. The van der Waals surface area contributed by atoms with Gasteiger partial charge in [0.25, 0.3) is 5.56 Å². The van der Waals surface area contributed by atoms with E-state index in [0.29, 0.717) is 23.6 Å². The predicted octanol–water partition coefficient (Wildman–Crippen LogP) is 3.00. The molecule has 0 spiro atoms. The van der Waals surface area contributed by atoms with Crippen LogP contribution in [0.2, 0.25) is 0 Å². The highest BCUT2D eigenvalue weighted by Gasteiger charge is 2.14. The zero-order valence-corrected chi connectivity index (χ0v) is 19.1. The molecule has 0 aliphatic heterocycles. The second-order valence-corrected chi connectivity index (χ2v) is 8.64. The monoisotopic (exact) mass is 512 g/mol. The summed E-state index contributed by atoms with van der Waals surface area (Å²) >= 11 is 3.24. The van der Waals surface area contributed by atoms with Crippen LogP contribution in [-0.2, 0) is 30.7 Å². The van der Waals surface area contributed by atoms with E-state index < -0.39 is 22.6 Å². The molecule has 0 saturated heterocycles. The van der Waals surface area contributed by atoms with E-state index in [9.17, 15) is 17.8 Å². The molecule has 11 heteroatoms. The second kappa shape index (κ2) is 10.2. The summed E-state index contributed by atoms with van der Waals surface area (Å²) in [7, 11) is -1.15. The predicted molar refractivity (Wildman–Crippen MR) is 116 cm³/mol. The van der Waals surface area contributed by atoms with E-state index in [4.69, 9.17) is 4.74 Å². The van der Waals surface area contributed by atoms with Gasteiger partial charge in [-0.3, -0.25) is 14.8 Å². The highest BCUT2D eigenvalue weighted by Crippen LogP contribution is 2.24. The summed E-state index contributed by atoms with van der Waals surface area (Å²) in [5, 5.41) is 0. The average molecular weight is 513 g/mol. The normalized spacial score (nSPS) is 12.0. The molecule has 0 fully saturated rings. The van der Waals surface area contributed by atoms with Gasteiger partial charge in [-0.15, -0.1) is 0 Å². The van der Waals surface area contributed by atoms with Gasteiger partial charge < -0.3 is 9.30 Å². The van der Waals surface area contributed by atoms with Gasteiger partial charge >= 0.3 is 0 Å². The highest BCUT2D eigenvalue weighted by atomic mass is 79.9. The summed E-state index contributed by atoms with van der Waals surface area (Å²) in [5.41, 5.74) is 1.63. The minimum absolute atomic E-state index is 0.156. The van der Waals surface area contributed by atoms with Crippen LogP contribution in [0.15, 0.2) is 45.9 Å². The molecule has 3 rings (SSSR count). The van der Waals surface area contributed by atoms with Crippen LogP contribution >= 0.6 is 15.9 Å². The number of benzene rings is 1.